The van der Waals surface area contributed by atoms with Crippen molar-refractivity contribution < 1.29 is 18.8 Å². The van der Waals surface area contributed by atoms with Gasteiger partial charge in [0, 0.05) is 49.6 Å². The van der Waals surface area contributed by atoms with Gasteiger partial charge in [-0.15, -0.1) is 0 Å². The zero-order valence-corrected chi connectivity index (χ0v) is 20.8. The highest BCUT2D eigenvalue weighted by molar-refractivity contribution is 6.30. The standard InChI is InChI=1S/C27H30ClN3O4/c1-20-16-24(29-35-20)26(33)31-14-12-27(13-15-31,19-34-23-10-8-22(28)9-11-23)17-25(32)30(2)18-21-6-4-3-5-7-21/h3-11,16H,12-15,17-19H2,1-2H3. The minimum absolute atomic E-state index is 0.0560. The molecule has 7 nitrogen and oxygen atoms in total. The van der Waals surface area contributed by atoms with Crippen molar-refractivity contribution in [2.75, 3.05) is 26.7 Å². The van der Waals surface area contributed by atoms with Crippen LogP contribution in [0, 0.1) is 12.3 Å². The summed E-state index contributed by atoms with van der Waals surface area (Å²) in [6, 6.07) is 18.8. The molecular weight excluding hydrogens is 466 g/mol. The molecular formula is C27H30ClN3O4. The number of aromatic nitrogens is 1. The number of aryl methyl sites for hydroxylation is 1. The molecule has 2 aromatic carbocycles. The van der Waals surface area contributed by atoms with Crippen molar-refractivity contribution in [3.05, 3.63) is 82.7 Å². The first kappa shape index (κ1) is 24.8. The molecule has 0 unspecified atom stereocenters. The van der Waals surface area contributed by atoms with Crippen molar-refractivity contribution >= 4 is 23.4 Å². The maximum atomic E-state index is 13.3. The highest BCUT2D eigenvalue weighted by Gasteiger charge is 2.40. The highest BCUT2D eigenvalue weighted by Crippen LogP contribution is 2.37. The molecule has 35 heavy (non-hydrogen) atoms. The number of halogens is 1. The maximum absolute atomic E-state index is 13.3. The number of carbonyl (C=O) groups excluding carboxylic acids is 2. The molecule has 1 aromatic heterocycles. The molecule has 4 rings (SSSR count). The number of ether oxygens (including phenoxy) is 1. The Morgan fingerprint density at radius 2 is 1.80 bits per heavy atom. The van der Waals surface area contributed by atoms with Gasteiger partial charge in [-0.25, -0.2) is 0 Å². The van der Waals surface area contributed by atoms with Crippen LogP contribution in [0.4, 0.5) is 0 Å². The van der Waals surface area contributed by atoms with Crippen LogP contribution in [0.3, 0.4) is 0 Å². The highest BCUT2D eigenvalue weighted by atomic mass is 35.5. The van der Waals surface area contributed by atoms with Gasteiger partial charge in [0.25, 0.3) is 5.91 Å². The van der Waals surface area contributed by atoms with Gasteiger partial charge < -0.3 is 19.1 Å². The summed E-state index contributed by atoms with van der Waals surface area (Å²) < 4.78 is 11.2. The van der Waals surface area contributed by atoms with Crippen molar-refractivity contribution in [3.8, 4) is 5.75 Å². The zero-order chi connectivity index (χ0) is 24.8. The second kappa shape index (κ2) is 11.0. The first-order chi connectivity index (χ1) is 16.8. The minimum Gasteiger partial charge on any atom is -0.493 e. The average molecular weight is 496 g/mol. The second-order valence-corrected chi connectivity index (χ2v) is 9.71. The molecule has 2 heterocycles. The zero-order valence-electron chi connectivity index (χ0n) is 20.1. The van der Waals surface area contributed by atoms with Crippen LogP contribution in [0.1, 0.15) is 41.1 Å². The van der Waals surface area contributed by atoms with Crippen molar-refractivity contribution in [1.29, 1.82) is 0 Å². The lowest BCUT2D eigenvalue weighted by atomic mass is 9.75. The first-order valence-corrected chi connectivity index (χ1v) is 12.1. The van der Waals surface area contributed by atoms with Crippen LogP contribution in [0.25, 0.3) is 0 Å². The van der Waals surface area contributed by atoms with Gasteiger partial charge in [0.1, 0.15) is 11.5 Å². The van der Waals surface area contributed by atoms with Crippen LogP contribution in [-0.2, 0) is 11.3 Å². The van der Waals surface area contributed by atoms with E-state index >= 15 is 0 Å². The Kier molecular flexibility index (Phi) is 7.76. The van der Waals surface area contributed by atoms with Gasteiger partial charge in [0.15, 0.2) is 5.69 Å². The van der Waals surface area contributed by atoms with E-state index in [-0.39, 0.29) is 11.8 Å². The van der Waals surface area contributed by atoms with E-state index in [0.29, 0.717) is 67.7 Å². The Morgan fingerprint density at radius 1 is 1.11 bits per heavy atom. The van der Waals surface area contributed by atoms with Crippen LogP contribution >= 0.6 is 11.6 Å². The van der Waals surface area contributed by atoms with Crippen molar-refractivity contribution in [1.82, 2.24) is 15.0 Å². The van der Waals surface area contributed by atoms with Crippen LogP contribution in [0.5, 0.6) is 5.75 Å². The van der Waals surface area contributed by atoms with E-state index in [1.165, 1.54) is 0 Å². The summed E-state index contributed by atoms with van der Waals surface area (Å²) in [5, 5.41) is 4.50. The molecule has 0 aliphatic carbocycles. The van der Waals surface area contributed by atoms with Crippen molar-refractivity contribution in [2.45, 2.75) is 32.7 Å². The average Bonchev–Trinajstić information content (AvgIpc) is 3.30. The number of amides is 2. The lowest BCUT2D eigenvalue weighted by molar-refractivity contribution is -0.134. The van der Waals surface area contributed by atoms with E-state index in [1.807, 2.05) is 49.5 Å². The molecule has 1 fully saturated rings. The van der Waals surface area contributed by atoms with Crippen molar-refractivity contribution in [3.63, 3.8) is 0 Å². The largest absolute Gasteiger partial charge is 0.493 e. The first-order valence-electron chi connectivity index (χ1n) is 11.7. The van der Waals surface area contributed by atoms with E-state index in [9.17, 15) is 9.59 Å². The van der Waals surface area contributed by atoms with E-state index in [4.69, 9.17) is 20.9 Å². The Balaban J connectivity index is 1.44. The summed E-state index contributed by atoms with van der Waals surface area (Å²) in [4.78, 5) is 29.7. The Bertz CT molecular complexity index is 1140. The van der Waals surface area contributed by atoms with E-state index in [0.717, 1.165) is 5.56 Å². The van der Waals surface area contributed by atoms with Crippen LogP contribution in [0.2, 0.25) is 5.02 Å². The van der Waals surface area contributed by atoms with Crippen LogP contribution < -0.4 is 4.74 Å². The summed E-state index contributed by atoms with van der Waals surface area (Å²) in [6.45, 7) is 3.72. The Hall–Kier alpha value is -3.32. The fourth-order valence-corrected chi connectivity index (χ4v) is 4.48. The van der Waals surface area contributed by atoms with Gasteiger partial charge in [0.05, 0.1) is 6.61 Å². The topological polar surface area (TPSA) is 75.9 Å². The molecule has 2 amide bonds. The lowest BCUT2D eigenvalue weighted by Crippen LogP contribution is -2.47. The number of carbonyl (C=O) groups is 2. The van der Waals surface area contributed by atoms with Gasteiger partial charge in [0.2, 0.25) is 5.91 Å². The fourth-order valence-electron chi connectivity index (χ4n) is 4.35. The third-order valence-electron chi connectivity index (χ3n) is 6.53. The monoisotopic (exact) mass is 495 g/mol. The number of rotatable bonds is 8. The molecule has 1 saturated heterocycles. The number of likely N-dealkylation sites (tertiary alicyclic amines) is 1. The molecule has 0 N–H and O–H groups in total. The summed E-state index contributed by atoms with van der Waals surface area (Å²) in [7, 11) is 1.83. The number of hydrogen-bond acceptors (Lipinski definition) is 5. The Labute approximate surface area is 210 Å². The van der Waals surface area contributed by atoms with Crippen LogP contribution in [-0.4, -0.2) is 53.5 Å². The molecule has 1 aliphatic rings. The van der Waals surface area contributed by atoms with E-state index < -0.39 is 5.41 Å². The maximum Gasteiger partial charge on any atom is 0.276 e. The predicted molar refractivity (Wildman–Crippen MR) is 133 cm³/mol. The quantitative estimate of drug-likeness (QED) is 0.440. The molecule has 184 valence electrons. The van der Waals surface area contributed by atoms with Gasteiger partial charge in [-0.05, 0) is 49.6 Å². The molecule has 0 radical (unpaired) electrons. The number of benzene rings is 2. The number of nitrogens with zero attached hydrogens (tertiary/aromatic N) is 3. The normalized spacial score (nSPS) is 15.0. The van der Waals surface area contributed by atoms with Gasteiger partial charge in [-0.1, -0.05) is 47.1 Å². The fraction of sp³-hybridized carbons (Fsp3) is 0.370. The van der Waals surface area contributed by atoms with Gasteiger partial charge in [-0.3, -0.25) is 9.59 Å². The molecule has 0 saturated carbocycles. The minimum atomic E-state index is -0.391. The van der Waals surface area contributed by atoms with E-state index in [1.54, 1.807) is 34.9 Å². The second-order valence-electron chi connectivity index (χ2n) is 9.27. The van der Waals surface area contributed by atoms with E-state index in [2.05, 4.69) is 5.16 Å². The molecule has 0 atom stereocenters. The molecule has 8 heteroatoms. The number of piperidine rings is 1. The summed E-state index contributed by atoms with van der Waals surface area (Å²) in [6.07, 6.45) is 1.64. The molecule has 3 aromatic rings. The number of hydrogen-bond donors (Lipinski definition) is 0. The molecule has 0 spiro atoms. The SMILES string of the molecule is Cc1cc(C(=O)N2CCC(COc3ccc(Cl)cc3)(CC(=O)N(C)Cc3ccccc3)CC2)no1. The lowest BCUT2D eigenvalue weighted by Gasteiger charge is -2.41. The molecule has 0 bridgehead atoms. The van der Waals surface area contributed by atoms with Gasteiger partial charge >= 0.3 is 0 Å². The predicted octanol–water partition coefficient (Wildman–Crippen LogP) is 4.99. The van der Waals surface area contributed by atoms with Crippen molar-refractivity contribution in [2.24, 2.45) is 5.41 Å². The summed E-state index contributed by atoms with van der Waals surface area (Å²) in [5.74, 6) is 1.21. The van der Waals surface area contributed by atoms with Gasteiger partial charge in [-0.2, -0.15) is 0 Å². The summed E-state index contributed by atoms with van der Waals surface area (Å²) in [5.41, 5.74) is 1.00. The Morgan fingerprint density at radius 3 is 2.43 bits per heavy atom. The molecule has 1 aliphatic heterocycles. The third-order valence-corrected chi connectivity index (χ3v) is 6.78. The van der Waals surface area contributed by atoms with Crippen LogP contribution in [0.15, 0.2) is 65.2 Å². The smallest absolute Gasteiger partial charge is 0.276 e. The summed E-state index contributed by atoms with van der Waals surface area (Å²) >= 11 is 6.00. The third kappa shape index (κ3) is 6.42.